The number of carbonyl (C=O) groups excluding carboxylic acids is 1. The Kier molecular flexibility index (Phi) is 6.63. The maximum Gasteiger partial charge on any atom is 0.274 e. The SMILES string of the molecule is Cc1c(NC(=O)C=Cc2ccc(S(=O)(=O)NCc3ccco3)cc2)cccc1[N+](=O)[O-]. The van der Waals surface area contributed by atoms with E-state index in [0.29, 0.717) is 22.6 Å². The number of amides is 1. The summed E-state index contributed by atoms with van der Waals surface area (Å²) in [5, 5.41) is 13.6. The van der Waals surface area contributed by atoms with Gasteiger partial charge in [-0.3, -0.25) is 14.9 Å². The highest BCUT2D eigenvalue weighted by molar-refractivity contribution is 7.89. The molecule has 0 saturated heterocycles. The van der Waals surface area contributed by atoms with Gasteiger partial charge in [0.1, 0.15) is 5.76 Å². The summed E-state index contributed by atoms with van der Waals surface area (Å²) in [7, 11) is -3.71. The van der Waals surface area contributed by atoms with Gasteiger partial charge in [-0.2, -0.15) is 0 Å². The molecule has 160 valence electrons. The number of hydrogen-bond donors (Lipinski definition) is 2. The normalized spacial score (nSPS) is 11.5. The molecule has 2 N–H and O–H groups in total. The van der Waals surface area contributed by atoms with Crippen molar-refractivity contribution in [2.24, 2.45) is 0 Å². The third-order valence-corrected chi connectivity index (χ3v) is 5.81. The Morgan fingerprint density at radius 1 is 1.13 bits per heavy atom. The van der Waals surface area contributed by atoms with Gasteiger partial charge in [-0.1, -0.05) is 18.2 Å². The van der Waals surface area contributed by atoms with Crippen LogP contribution in [0, 0.1) is 17.0 Å². The molecule has 9 nitrogen and oxygen atoms in total. The Morgan fingerprint density at radius 2 is 1.87 bits per heavy atom. The molecule has 10 heteroatoms. The van der Waals surface area contributed by atoms with Crippen molar-refractivity contribution in [2.45, 2.75) is 18.4 Å². The van der Waals surface area contributed by atoms with E-state index in [0.717, 1.165) is 0 Å². The van der Waals surface area contributed by atoms with Crippen LogP contribution in [0.1, 0.15) is 16.9 Å². The van der Waals surface area contributed by atoms with E-state index in [-0.39, 0.29) is 17.1 Å². The molecule has 3 aromatic rings. The van der Waals surface area contributed by atoms with Crippen LogP contribution in [0.25, 0.3) is 6.08 Å². The molecule has 31 heavy (non-hydrogen) atoms. The molecule has 0 aliphatic heterocycles. The lowest BCUT2D eigenvalue weighted by Crippen LogP contribution is -2.22. The number of rotatable bonds is 8. The predicted molar refractivity (Wildman–Crippen MR) is 115 cm³/mol. The summed E-state index contributed by atoms with van der Waals surface area (Å²) >= 11 is 0. The number of benzene rings is 2. The fraction of sp³-hybridized carbons (Fsp3) is 0.0952. The van der Waals surface area contributed by atoms with E-state index >= 15 is 0 Å². The van der Waals surface area contributed by atoms with Gasteiger partial charge in [0.25, 0.3) is 5.69 Å². The molecule has 0 aliphatic rings. The molecule has 3 rings (SSSR count). The molecule has 0 aliphatic carbocycles. The van der Waals surface area contributed by atoms with Gasteiger partial charge in [0, 0.05) is 12.1 Å². The second-order valence-electron chi connectivity index (χ2n) is 6.50. The predicted octanol–water partition coefficient (Wildman–Crippen LogP) is 3.63. The van der Waals surface area contributed by atoms with Crippen LogP contribution in [0.3, 0.4) is 0 Å². The lowest BCUT2D eigenvalue weighted by Gasteiger charge is -2.07. The summed E-state index contributed by atoms with van der Waals surface area (Å²) in [4.78, 5) is 22.7. The van der Waals surface area contributed by atoms with E-state index in [1.165, 1.54) is 42.7 Å². The maximum absolute atomic E-state index is 12.3. The van der Waals surface area contributed by atoms with Gasteiger partial charge in [-0.15, -0.1) is 0 Å². The van der Waals surface area contributed by atoms with Crippen molar-refractivity contribution in [2.75, 3.05) is 5.32 Å². The summed E-state index contributed by atoms with van der Waals surface area (Å²) in [6, 6.07) is 13.7. The third-order valence-electron chi connectivity index (χ3n) is 4.39. The van der Waals surface area contributed by atoms with Crippen LogP contribution in [-0.2, 0) is 21.4 Å². The zero-order valence-corrected chi connectivity index (χ0v) is 17.3. The van der Waals surface area contributed by atoms with Crippen LogP contribution in [0.5, 0.6) is 0 Å². The maximum atomic E-state index is 12.3. The molecule has 2 aromatic carbocycles. The molecular weight excluding hydrogens is 422 g/mol. The Bertz CT molecular complexity index is 1220. The van der Waals surface area contributed by atoms with Gasteiger partial charge in [-0.05, 0) is 48.9 Å². The van der Waals surface area contributed by atoms with Crippen molar-refractivity contribution in [3.8, 4) is 0 Å². The number of carbonyl (C=O) groups is 1. The van der Waals surface area contributed by atoms with Crippen LogP contribution >= 0.6 is 0 Å². The average molecular weight is 441 g/mol. The van der Waals surface area contributed by atoms with Gasteiger partial charge < -0.3 is 9.73 Å². The molecule has 0 fully saturated rings. The third kappa shape index (κ3) is 5.65. The number of nitrogens with zero attached hydrogens (tertiary/aromatic N) is 1. The number of anilines is 1. The lowest BCUT2D eigenvalue weighted by atomic mass is 10.1. The molecule has 1 amide bonds. The molecule has 1 heterocycles. The first kappa shape index (κ1) is 21.9. The molecule has 0 radical (unpaired) electrons. The highest BCUT2D eigenvalue weighted by atomic mass is 32.2. The summed E-state index contributed by atoms with van der Waals surface area (Å²) in [5.74, 6) is 0.0218. The monoisotopic (exact) mass is 441 g/mol. The zero-order valence-electron chi connectivity index (χ0n) is 16.4. The number of nitro benzene ring substituents is 1. The zero-order chi connectivity index (χ0) is 22.4. The Hall–Kier alpha value is -3.76. The number of furan rings is 1. The second kappa shape index (κ2) is 9.37. The van der Waals surface area contributed by atoms with Gasteiger partial charge in [-0.25, -0.2) is 13.1 Å². The minimum atomic E-state index is -3.71. The fourth-order valence-electron chi connectivity index (χ4n) is 2.72. The van der Waals surface area contributed by atoms with Crippen LogP contribution in [0.15, 0.2) is 76.2 Å². The number of sulfonamides is 1. The smallest absolute Gasteiger partial charge is 0.274 e. The van der Waals surface area contributed by atoms with Crippen LogP contribution in [0.2, 0.25) is 0 Å². The molecule has 0 spiro atoms. The molecule has 0 unspecified atom stereocenters. The summed E-state index contributed by atoms with van der Waals surface area (Å²) in [6.45, 7) is 1.59. The first-order valence-corrected chi connectivity index (χ1v) is 10.6. The highest BCUT2D eigenvalue weighted by Gasteiger charge is 2.15. The Morgan fingerprint density at radius 3 is 2.52 bits per heavy atom. The Balaban J connectivity index is 1.63. The standard InChI is InChI=1S/C21H19N3O6S/c1-15-19(5-2-6-20(15)24(26)27)23-21(25)12-9-16-7-10-18(11-8-16)31(28,29)22-14-17-4-3-13-30-17/h2-13,22H,14H2,1H3,(H,23,25). The van der Waals surface area contributed by atoms with E-state index in [1.54, 1.807) is 37.3 Å². The summed E-state index contributed by atoms with van der Waals surface area (Å²) < 4.78 is 32.2. The van der Waals surface area contributed by atoms with Gasteiger partial charge >= 0.3 is 0 Å². The van der Waals surface area contributed by atoms with Gasteiger partial charge in [0.2, 0.25) is 15.9 Å². The molecule has 1 aromatic heterocycles. The number of nitrogens with one attached hydrogen (secondary N) is 2. The van der Waals surface area contributed by atoms with Crippen LogP contribution in [-0.4, -0.2) is 19.2 Å². The quantitative estimate of drug-likeness (QED) is 0.312. The first-order valence-electron chi connectivity index (χ1n) is 9.11. The van der Waals surface area contributed by atoms with Gasteiger partial charge in [0.05, 0.1) is 33.9 Å². The van der Waals surface area contributed by atoms with Crippen molar-refractivity contribution < 1.29 is 22.6 Å². The fourth-order valence-corrected chi connectivity index (χ4v) is 3.72. The van der Waals surface area contributed by atoms with Crippen LogP contribution in [0.4, 0.5) is 11.4 Å². The van der Waals surface area contributed by atoms with Crippen molar-refractivity contribution in [3.63, 3.8) is 0 Å². The van der Waals surface area contributed by atoms with E-state index in [4.69, 9.17) is 4.42 Å². The minimum absolute atomic E-state index is 0.0359. The number of nitro groups is 1. The second-order valence-corrected chi connectivity index (χ2v) is 8.27. The van der Waals surface area contributed by atoms with Crippen LogP contribution < -0.4 is 10.0 Å². The first-order chi connectivity index (χ1) is 14.8. The molecule has 0 bridgehead atoms. The van der Waals surface area contributed by atoms with Gasteiger partial charge in [0.15, 0.2) is 0 Å². The average Bonchev–Trinajstić information content (AvgIpc) is 3.26. The lowest BCUT2D eigenvalue weighted by molar-refractivity contribution is -0.385. The topological polar surface area (TPSA) is 132 Å². The van der Waals surface area contributed by atoms with Crippen molar-refractivity contribution in [1.29, 1.82) is 0 Å². The van der Waals surface area contributed by atoms with Crippen molar-refractivity contribution in [1.82, 2.24) is 4.72 Å². The van der Waals surface area contributed by atoms with E-state index in [9.17, 15) is 23.3 Å². The highest BCUT2D eigenvalue weighted by Crippen LogP contribution is 2.25. The summed E-state index contributed by atoms with van der Waals surface area (Å²) in [6.07, 6.45) is 4.23. The van der Waals surface area contributed by atoms with E-state index in [1.807, 2.05) is 0 Å². The minimum Gasteiger partial charge on any atom is -0.468 e. The number of hydrogen-bond acceptors (Lipinski definition) is 6. The van der Waals surface area contributed by atoms with Crippen molar-refractivity contribution in [3.05, 3.63) is 93.9 Å². The van der Waals surface area contributed by atoms with Crippen molar-refractivity contribution >= 4 is 33.4 Å². The molecule has 0 saturated carbocycles. The molecule has 0 atom stereocenters. The van der Waals surface area contributed by atoms with E-state index in [2.05, 4.69) is 10.0 Å². The molecular formula is C21H19N3O6S. The summed E-state index contributed by atoms with van der Waals surface area (Å²) in [5.41, 5.74) is 1.22. The van der Waals surface area contributed by atoms with E-state index < -0.39 is 20.9 Å². The largest absolute Gasteiger partial charge is 0.468 e. The Labute approximate surface area is 178 Å².